The Kier molecular flexibility index (Phi) is 6.98. The first-order valence-electron chi connectivity index (χ1n) is 13.8. The number of hydrogen-bond acceptors (Lipinski definition) is 7. The Morgan fingerprint density at radius 3 is 2.08 bits per heavy atom. The Morgan fingerprint density at radius 1 is 1.03 bits per heavy atom. The van der Waals surface area contributed by atoms with E-state index < -0.39 is 39.9 Å². The van der Waals surface area contributed by atoms with Crippen LogP contribution >= 0.6 is 0 Å². The van der Waals surface area contributed by atoms with Crippen LogP contribution in [-0.2, 0) is 28.6 Å². The van der Waals surface area contributed by atoms with E-state index in [2.05, 4.69) is 13.0 Å². The molecule has 0 amide bonds. The molecule has 0 N–H and O–H groups in total. The number of carbonyl (C=O) groups excluding carboxylic acids is 3. The third kappa shape index (κ3) is 4.89. The predicted octanol–water partition coefficient (Wildman–Crippen LogP) is 5.36. The van der Waals surface area contributed by atoms with Crippen molar-refractivity contribution in [2.45, 2.75) is 111 Å². The summed E-state index contributed by atoms with van der Waals surface area (Å²) in [7, 11) is 0. The van der Waals surface area contributed by atoms with E-state index in [1.165, 1.54) is 6.42 Å². The molecule has 3 unspecified atom stereocenters. The lowest BCUT2D eigenvalue weighted by Crippen LogP contribution is -2.58. The van der Waals surface area contributed by atoms with E-state index in [9.17, 15) is 19.6 Å². The van der Waals surface area contributed by atoms with Crippen molar-refractivity contribution in [2.24, 2.45) is 39.9 Å². The molecule has 7 nitrogen and oxygen atoms in total. The van der Waals surface area contributed by atoms with Gasteiger partial charge >= 0.3 is 17.9 Å². The molecule has 200 valence electrons. The van der Waals surface area contributed by atoms with Crippen molar-refractivity contribution < 1.29 is 28.6 Å². The molecule has 0 aromatic heterocycles. The number of rotatable bonds is 9. The van der Waals surface area contributed by atoms with Gasteiger partial charge in [-0.2, -0.15) is 5.26 Å². The van der Waals surface area contributed by atoms with Crippen LogP contribution < -0.4 is 0 Å². The molecule has 4 saturated carbocycles. The topological polar surface area (TPSA) is 103 Å². The molecule has 0 radical (unpaired) electrons. The highest BCUT2D eigenvalue weighted by molar-refractivity contribution is 5.83. The van der Waals surface area contributed by atoms with Gasteiger partial charge in [0.15, 0.2) is 0 Å². The van der Waals surface area contributed by atoms with Gasteiger partial charge in [-0.15, -0.1) is 0 Å². The van der Waals surface area contributed by atoms with Crippen LogP contribution in [0.15, 0.2) is 0 Å². The zero-order valence-electron chi connectivity index (χ0n) is 22.9. The van der Waals surface area contributed by atoms with Gasteiger partial charge in [-0.3, -0.25) is 9.59 Å². The maximum absolute atomic E-state index is 13.6. The first-order chi connectivity index (χ1) is 16.7. The molecule has 4 aliphatic carbocycles. The fraction of sp³-hybridized carbons (Fsp3) is 0.862. The second kappa shape index (κ2) is 9.33. The van der Waals surface area contributed by atoms with Gasteiger partial charge in [0.05, 0.1) is 28.9 Å². The predicted molar refractivity (Wildman–Crippen MR) is 132 cm³/mol. The number of carbonyl (C=O) groups is 3. The van der Waals surface area contributed by atoms with E-state index in [4.69, 9.17) is 14.2 Å². The van der Waals surface area contributed by atoms with Crippen molar-refractivity contribution in [1.29, 1.82) is 5.26 Å². The number of ether oxygens (including phenoxy) is 3. The highest BCUT2D eigenvalue weighted by Gasteiger charge is 2.58. The third-order valence-corrected chi connectivity index (χ3v) is 9.92. The normalized spacial score (nSPS) is 36.4. The lowest BCUT2D eigenvalue weighted by atomic mass is 9.50. The molecule has 7 heteroatoms. The number of nitriles is 1. The van der Waals surface area contributed by atoms with Gasteiger partial charge in [-0.25, -0.2) is 4.79 Å². The van der Waals surface area contributed by atoms with E-state index in [-0.39, 0.29) is 25.4 Å². The fourth-order valence-electron chi connectivity index (χ4n) is 7.87. The first-order valence-corrected chi connectivity index (χ1v) is 13.8. The van der Waals surface area contributed by atoms with Gasteiger partial charge in [0, 0.05) is 6.42 Å². The van der Waals surface area contributed by atoms with E-state index in [0.717, 1.165) is 37.5 Å². The van der Waals surface area contributed by atoms with Crippen LogP contribution in [0.3, 0.4) is 0 Å². The Hall–Kier alpha value is -2.10. The standard InChI is InChI=1S/C29H43NO6/c1-7-28(5,25(33)35-22-8-9-34-23(22)31)16-27(4,17-30)15-26(2,3)24(32)36-29(6)20-11-18-10-19(13-20)14-21(29)12-18/h18-22H,7-16H2,1-6H3. The van der Waals surface area contributed by atoms with Crippen molar-refractivity contribution >= 4 is 17.9 Å². The minimum atomic E-state index is -0.971. The summed E-state index contributed by atoms with van der Waals surface area (Å²) in [5, 5.41) is 10.2. The minimum absolute atomic E-state index is 0.218. The van der Waals surface area contributed by atoms with Crippen molar-refractivity contribution in [1.82, 2.24) is 0 Å². The Bertz CT molecular complexity index is 922. The molecule has 0 aromatic rings. The molecule has 3 atom stereocenters. The van der Waals surface area contributed by atoms with Crippen LogP contribution in [0.1, 0.15) is 99.3 Å². The first kappa shape index (κ1) is 26.9. The Balaban J connectivity index is 1.44. The summed E-state index contributed by atoms with van der Waals surface area (Å²) in [5.74, 6) is 1.14. The molecule has 0 spiro atoms. The van der Waals surface area contributed by atoms with Crippen LogP contribution in [0.5, 0.6) is 0 Å². The van der Waals surface area contributed by atoms with E-state index in [1.807, 2.05) is 20.8 Å². The number of cyclic esters (lactones) is 1. The van der Waals surface area contributed by atoms with E-state index >= 15 is 0 Å². The average Bonchev–Trinajstić information content (AvgIpc) is 3.20. The summed E-state index contributed by atoms with van der Waals surface area (Å²) in [6.07, 6.45) is 6.33. The summed E-state index contributed by atoms with van der Waals surface area (Å²) in [4.78, 5) is 38.5. The van der Waals surface area contributed by atoms with Crippen molar-refractivity contribution in [3.05, 3.63) is 0 Å². The quantitative estimate of drug-likeness (QED) is 0.310. The lowest BCUT2D eigenvalue weighted by Gasteiger charge is -2.59. The summed E-state index contributed by atoms with van der Waals surface area (Å²) >= 11 is 0. The van der Waals surface area contributed by atoms with E-state index in [1.54, 1.807) is 13.8 Å². The molecule has 1 saturated heterocycles. The average molecular weight is 502 g/mol. The second-order valence-electron chi connectivity index (χ2n) is 13.6. The molecule has 4 bridgehead atoms. The molecule has 36 heavy (non-hydrogen) atoms. The highest BCUT2D eigenvalue weighted by Crippen LogP contribution is 2.60. The summed E-state index contributed by atoms with van der Waals surface area (Å²) < 4.78 is 16.8. The van der Waals surface area contributed by atoms with E-state index in [0.29, 0.717) is 24.7 Å². The zero-order valence-corrected chi connectivity index (χ0v) is 22.9. The molecule has 5 rings (SSSR count). The molecular formula is C29H43NO6. The van der Waals surface area contributed by atoms with Crippen molar-refractivity contribution in [2.75, 3.05) is 6.61 Å². The molecule has 1 heterocycles. The molecular weight excluding hydrogens is 458 g/mol. The monoisotopic (exact) mass is 501 g/mol. The molecule has 5 fully saturated rings. The maximum Gasteiger partial charge on any atom is 0.347 e. The van der Waals surface area contributed by atoms with Crippen LogP contribution in [-0.4, -0.2) is 36.2 Å². The van der Waals surface area contributed by atoms with Crippen LogP contribution in [0, 0.1) is 51.2 Å². The SMILES string of the molecule is CCC(C)(CC(C)(C#N)CC(C)(C)C(=O)OC1(C)C2CC3CC(C2)CC1C3)C(=O)OC1CCOC1=O. The van der Waals surface area contributed by atoms with Gasteiger partial charge < -0.3 is 14.2 Å². The van der Waals surface area contributed by atoms with Gasteiger partial charge in [-0.05, 0) is 110 Å². The maximum atomic E-state index is 13.6. The lowest BCUT2D eigenvalue weighted by molar-refractivity contribution is -0.212. The largest absolute Gasteiger partial charge is 0.463 e. The van der Waals surface area contributed by atoms with Gasteiger partial charge in [0.1, 0.15) is 5.60 Å². The van der Waals surface area contributed by atoms with Crippen LogP contribution in [0.2, 0.25) is 0 Å². The van der Waals surface area contributed by atoms with Crippen molar-refractivity contribution in [3.63, 3.8) is 0 Å². The van der Waals surface area contributed by atoms with Crippen molar-refractivity contribution in [3.8, 4) is 6.07 Å². The highest BCUT2D eigenvalue weighted by atomic mass is 16.6. The Morgan fingerprint density at radius 2 is 1.61 bits per heavy atom. The fourth-order valence-corrected chi connectivity index (χ4v) is 7.87. The van der Waals surface area contributed by atoms with Crippen LogP contribution in [0.4, 0.5) is 0 Å². The number of esters is 3. The van der Waals surface area contributed by atoms with Gasteiger partial charge in [0.2, 0.25) is 6.10 Å². The van der Waals surface area contributed by atoms with Crippen LogP contribution in [0.25, 0.3) is 0 Å². The zero-order chi connectivity index (χ0) is 26.5. The molecule has 5 aliphatic rings. The summed E-state index contributed by atoms with van der Waals surface area (Å²) in [6.45, 7) is 11.5. The summed E-state index contributed by atoms with van der Waals surface area (Å²) in [6, 6.07) is 2.39. The number of nitrogens with zero attached hydrogens (tertiary/aromatic N) is 1. The molecule has 1 aliphatic heterocycles. The number of hydrogen-bond donors (Lipinski definition) is 0. The Labute approximate surface area is 215 Å². The smallest absolute Gasteiger partial charge is 0.347 e. The van der Waals surface area contributed by atoms with Gasteiger partial charge in [-0.1, -0.05) is 6.92 Å². The van der Waals surface area contributed by atoms with Gasteiger partial charge in [0.25, 0.3) is 0 Å². The third-order valence-electron chi connectivity index (χ3n) is 9.92. The minimum Gasteiger partial charge on any atom is -0.463 e. The molecule has 0 aromatic carbocycles. The second-order valence-corrected chi connectivity index (χ2v) is 13.6. The summed E-state index contributed by atoms with van der Waals surface area (Å²) in [5.41, 5.74) is -3.26.